The fourth-order valence-corrected chi connectivity index (χ4v) is 3.82. The second-order valence-electron chi connectivity index (χ2n) is 7.40. The Bertz CT molecular complexity index is 963. The van der Waals surface area contributed by atoms with E-state index in [4.69, 9.17) is 5.26 Å². The summed E-state index contributed by atoms with van der Waals surface area (Å²) in [5.74, 6) is 0. The molecular formula is C21H21F3N4O2. The minimum Gasteiger partial charge on any atom is -0.366 e. The Hall–Kier alpha value is -3.12. The summed E-state index contributed by atoms with van der Waals surface area (Å²) in [6, 6.07) is 11.8. The highest BCUT2D eigenvalue weighted by Crippen LogP contribution is 2.33. The van der Waals surface area contributed by atoms with Crippen LogP contribution >= 0.6 is 0 Å². The van der Waals surface area contributed by atoms with Crippen molar-refractivity contribution in [2.75, 3.05) is 25.0 Å². The Kier molecular flexibility index (Phi) is 6.27. The Morgan fingerprint density at radius 2 is 1.93 bits per heavy atom. The van der Waals surface area contributed by atoms with Crippen LogP contribution in [0.25, 0.3) is 0 Å². The van der Waals surface area contributed by atoms with Gasteiger partial charge in [0.2, 0.25) is 0 Å². The summed E-state index contributed by atoms with van der Waals surface area (Å²) in [5, 5.41) is 20.4. The number of benzene rings is 2. The van der Waals surface area contributed by atoms with Gasteiger partial charge in [0.1, 0.15) is 5.69 Å². The van der Waals surface area contributed by atoms with Gasteiger partial charge in [-0.25, -0.2) is 0 Å². The monoisotopic (exact) mass is 418 g/mol. The van der Waals surface area contributed by atoms with Gasteiger partial charge < -0.3 is 4.90 Å². The molecule has 0 radical (unpaired) electrons. The number of nitro benzene ring substituents is 1. The Balaban J connectivity index is 1.65. The lowest BCUT2D eigenvalue weighted by atomic mass is 10.0. The molecule has 158 valence electrons. The number of nitro groups is 1. The summed E-state index contributed by atoms with van der Waals surface area (Å²) in [4.78, 5) is 14.9. The first-order valence-corrected chi connectivity index (χ1v) is 9.49. The van der Waals surface area contributed by atoms with E-state index in [1.54, 1.807) is 18.2 Å². The quantitative estimate of drug-likeness (QED) is 0.525. The first-order valence-electron chi connectivity index (χ1n) is 9.49. The third kappa shape index (κ3) is 4.89. The van der Waals surface area contributed by atoms with Crippen LogP contribution in [0, 0.1) is 21.4 Å². The van der Waals surface area contributed by atoms with Crippen molar-refractivity contribution < 1.29 is 18.1 Å². The third-order valence-electron chi connectivity index (χ3n) is 5.42. The van der Waals surface area contributed by atoms with E-state index in [-0.39, 0.29) is 17.3 Å². The average Bonchev–Trinajstić information content (AvgIpc) is 2.73. The molecule has 0 bridgehead atoms. The number of anilines is 1. The fraction of sp³-hybridized carbons (Fsp3) is 0.381. The van der Waals surface area contributed by atoms with Crippen LogP contribution in [0.3, 0.4) is 0 Å². The smallest absolute Gasteiger partial charge is 0.366 e. The maximum atomic E-state index is 12.9. The summed E-state index contributed by atoms with van der Waals surface area (Å²) in [7, 11) is 1.88. The highest BCUT2D eigenvalue weighted by atomic mass is 19.4. The molecule has 9 heteroatoms. The molecule has 0 amide bonds. The SMILES string of the molecule is CN(Cc1cccc(C(F)(F)F)c1)C1CCN(c2ccc(C#N)cc2[N+](=O)[O-])CC1. The van der Waals surface area contributed by atoms with Crippen molar-refractivity contribution in [3.05, 3.63) is 69.3 Å². The van der Waals surface area contributed by atoms with Gasteiger partial charge in [-0.05, 0) is 43.7 Å². The van der Waals surface area contributed by atoms with Gasteiger partial charge in [0.05, 0.1) is 22.1 Å². The molecule has 1 aliphatic heterocycles. The Labute approximate surface area is 172 Å². The minimum atomic E-state index is -4.37. The molecule has 30 heavy (non-hydrogen) atoms. The van der Waals surface area contributed by atoms with E-state index >= 15 is 0 Å². The van der Waals surface area contributed by atoms with Gasteiger partial charge in [-0.2, -0.15) is 18.4 Å². The molecule has 1 fully saturated rings. The van der Waals surface area contributed by atoms with Crippen LogP contribution in [-0.4, -0.2) is 36.0 Å². The van der Waals surface area contributed by atoms with Gasteiger partial charge >= 0.3 is 6.18 Å². The maximum absolute atomic E-state index is 12.9. The summed E-state index contributed by atoms with van der Waals surface area (Å²) in [6.45, 7) is 1.57. The summed E-state index contributed by atoms with van der Waals surface area (Å²) < 4.78 is 38.7. The molecule has 1 heterocycles. The van der Waals surface area contributed by atoms with Crippen molar-refractivity contribution in [2.24, 2.45) is 0 Å². The molecule has 0 saturated carbocycles. The Morgan fingerprint density at radius 1 is 1.23 bits per heavy atom. The second-order valence-corrected chi connectivity index (χ2v) is 7.40. The van der Waals surface area contributed by atoms with E-state index < -0.39 is 16.7 Å². The van der Waals surface area contributed by atoms with Gasteiger partial charge in [0, 0.05) is 31.7 Å². The predicted octanol–water partition coefficient (Wildman–Crippen LogP) is 4.59. The molecule has 0 aliphatic carbocycles. The van der Waals surface area contributed by atoms with Gasteiger partial charge in [0.15, 0.2) is 0 Å². The molecule has 2 aromatic rings. The zero-order valence-corrected chi connectivity index (χ0v) is 16.4. The molecule has 0 unspecified atom stereocenters. The normalized spacial score (nSPS) is 15.3. The van der Waals surface area contributed by atoms with Crippen LogP contribution in [0.5, 0.6) is 0 Å². The third-order valence-corrected chi connectivity index (χ3v) is 5.42. The van der Waals surface area contributed by atoms with Crippen LogP contribution in [0.1, 0.15) is 29.5 Å². The van der Waals surface area contributed by atoms with Gasteiger partial charge in [-0.15, -0.1) is 0 Å². The number of hydrogen-bond donors (Lipinski definition) is 0. The van der Waals surface area contributed by atoms with E-state index in [0.29, 0.717) is 30.9 Å². The lowest BCUT2D eigenvalue weighted by molar-refractivity contribution is -0.384. The van der Waals surface area contributed by atoms with Crippen LogP contribution in [-0.2, 0) is 12.7 Å². The van der Waals surface area contributed by atoms with Crippen molar-refractivity contribution in [2.45, 2.75) is 31.6 Å². The van der Waals surface area contributed by atoms with E-state index in [9.17, 15) is 23.3 Å². The minimum absolute atomic E-state index is 0.0928. The number of rotatable bonds is 5. The average molecular weight is 418 g/mol. The number of halogens is 3. The van der Waals surface area contributed by atoms with Crippen molar-refractivity contribution in [1.82, 2.24) is 4.90 Å². The highest BCUT2D eigenvalue weighted by Gasteiger charge is 2.31. The van der Waals surface area contributed by atoms with Gasteiger partial charge in [0.25, 0.3) is 5.69 Å². The molecule has 0 aromatic heterocycles. The molecule has 6 nitrogen and oxygen atoms in total. The standard InChI is InChI=1S/C21H21F3N4O2/c1-26(14-16-3-2-4-17(11-16)21(22,23)24)18-7-9-27(10-8-18)19-6-5-15(13-25)12-20(19)28(29)30/h2-6,11-12,18H,7-10,14H2,1H3. The summed E-state index contributed by atoms with van der Waals surface area (Å²) >= 11 is 0. The van der Waals surface area contributed by atoms with Crippen molar-refractivity contribution in [3.63, 3.8) is 0 Å². The van der Waals surface area contributed by atoms with Crippen LogP contribution in [0.15, 0.2) is 42.5 Å². The first-order chi connectivity index (χ1) is 14.2. The lowest BCUT2D eigenvalue weighted by Crippen LogP contribution is -2.43. The van der Waals surface area contributed by atoms with E-state index in [2.05, 4.69) is 0 Å². The zero-order valence-electron chi connectivity index (χ0n) is 16.4. The molecular weight excluding hydrogens is 397 g/mol. The van der Waals surface area contributed by atoms with E-state index in [1.807, 2.05) is 22.9 Å². The topological polar surface area (TPSA) is 73.4 Å². The highest BCUT2D eigenvalue weighted by molar-refractivity contribution is 5.65. The first kappa shape index (κ1) is 21.6. The second kappa shape index (κ2) is 8.71. The van der Waals surface area contributed by atoms with Crippen LogP contribution in [0.2, 0.25) is 0 Å². The summed E-state index contributed by atoms with van der Waals surface area (Å²) in [5.41, 5.74) is 0.567. The zero-order chi connectivity index (χ0) is 21.9. The number of nitriles is 1. The largest absolute Gasteiger partial charge is 0.416 e. The molecule has 0 spiro atoms. The number of hydrogen-bond acceptors (Lipinski definition) is 5. The number of nitrogens with zero attached hydrogens (tertiary/aromatic N) is 4. The molecule has 1 saturated heterocycles. The van der Waals surface area contributed by atoms with Crippen LogP contribution in [0.4, 0.5) is 24.5 Å². The van der Waals surface area contributed by atoms with Crippen molar-refractivity contribution in [1.29, 1.82) is 5.26 Å². The molecule has 1 aliphatic rings. The predicted molar refractivity (Wildman–Crippen MR) is 106 cm³/mol. The fourth-order valence-electron chi connectivity index (χ4n) is 3.82. The summed E-state index contributed by atoms with van der Waals surface area (Å²) in [6.07, 6.45) is -2.91. The molecule has 0 N–H and O–H groups in total. The Morgan fingerprint density at radius 3 is 2.53 bits per heavy atom. The molecule has 2 aromatic carbocycles. The van der Waals surface area contributed by atoms with E-state index in [1.165, 1.54) is 18.2 Å². The van der Waals surface area contributed by atoms with Crippen LogP contribution < -0.4 is 4.90 Å². The van der Waals surface area contributed by atoms with Crippen molar-refractivity contribution >= 4 is 11.4 Å². The van der Waals surface area contributed by atoms with Gasteiger partial charge in [-0.1, -0.05) is 18.2 Å². The molecule has 0 atom stereocenters. The van der Waals surface area contributed by atoms with E-state index in [0.717, 1.165) is 18.9 Å². The number of piperidine rings is 1. The van der Waals surface area contributed by atoms with Crippen molar-refractivity contribution in [3.8, 4) is 6.07 Å². The number of alkyl halides is 3. The van der Waals surface area contributed by atoms with Gasteiger partial charge in [-0.3, -0.25) is 15.0 Å². The lowest BCUT2D eigenvalue weighted by Gasteiger charge is -2.37. The molecule has 3 rings (SSSR count). The maximum Gasteiger partial charge on any atom is 0.416 e.